The molecule has 4 aromatic rings. The number of benzene rings is 2. The van der Waals surface area contributed by atoms with E-state index >= 15 is 0 Å². The molecular weight excluding hydrogens is 508 g/mol. The highest BCUT2D eigenvalue weighted by atomic mass is 32.2. The van der Waals surface area contributed by atoms with E-state index in [4.69, 9.17) is 9.72 Å². The lowest BCUT2D eigenvalue weighted by molar-refractivity contribution is -0.129. The number of thioether (sulfide) groups is 1. The summed E-state index contributed by atoms with van der Waals surface area (Å²) in [6, 6.07) is 14.8. The van der Waals surface area contributed by atoms with Crippen LogP contribution in [0.2, 0.25) is 0 Å². The molecule has 2 aromatic carbocycles. The summed E-state index contributed by atoms with van der Waals surface area (Å²) in [5, 5.41) is 3.92. The van der Waals surface area contributed by atoms with Crippen LogP contribution < -0.4 is 15.6 Å². The number of nitrogens with zero attached hydrogens (tertiary/aromatic N) is 3. The number of nitrogens with one attached hydrogen (secondary N) is 1. The number of thiophene rings is 1. The number of carbonyl (C=O) groups is 2. The van der Waals surface area contributed by atoms with Crippen LogP contribution in [0.1, 0.15) is 22.9 Å². The monoisotopic (exact) mass is 534 g/mol. The Hall–Kier alpha value is -3.63. The third-order valence-electron chi connectivity index (χ3n) is 6.27. The van der Waals surface area contributed by atoms with Crippen LogP contribution in [0.15, 0.2) is 58.5 Å². The summed E-state index contributed by atoms with van der Waals surface area (Å²) < 4.78 is 6.81. The second kappa shape index (κ2) is 10.4. The molecule has 0 fully saturated rings. The molecule has 2 aromatic heterocycles. The van der Waals surface area contributed by atoms with E-state index in [1.807, 2.05) is 31.2 Å². The fraction of sp³-hybridized carbons (Fsp3) is 0.259. The lowest BCUT2D eigenvalue weighted by Gasteiger charge is -2.25. The van der Waals surface area contributed by atoms with Gasteiger partial charge >= 0.3 is 0 Å². The number of amides is 2. The van der Waals surface area contributed by atoms with Crippen LogP contribution in [-0.2, 0) is 22.6 Å². The van der Waals surface area contributed by atoms with E-state index < -0.39 is 0 Å². The fourth-order valence-corrected chi connectivity index (χ4v) is 6.43. The molecule has 0 radical (unpaired) electrons. The molecule has 1 aliphatic heterocycles. The number of carbonyl (C=O) groups excluding carboxylic acids is 2. The van der Waals surface area contributed by atoms with Crippen molar-refractivity contribution in [2.45, 2.75) is 32.0 Å². The molecule has 37 heavy (non-hydrogen) atoms. The maximum Gasteiger partial charge on any atom is 0.267 e. The molecule has 8 nitrogen and oxygen atoms in total. The van der Waals surface area contributed by atoms with Gasteiger partial charge < -0.3 is 15.0 Å². The Balaban J connectivity index is 1.51. The first kappa shape index (κ1) is 25.0. The summed E-state index contributed by atoms with van der Waals surface area (Å²) in [5.41, 5.74) is 3.23. The van der Waals surface area contributed by atoms with E-state index in [0.29, 0.717) is 52.0 Å². The smallest absolute Gasteiger partial charge is 0.267 e. The molecule has 0 atom stereocenters. The number of hydrogen-bond acceptors (Lipinski definition) is 7. The number of aromatic nitrogens is 2. The topological polar surface area (TPSA) is 93.5 Å². The molecule has 0 unspecified atom stereocenters. The average Bonchev–Trinajstić information content (AvgIpc) is 3.26. The summed E-state index contributed by atoms with van der Waals surface area (Å²) in [4.78, 5) is 46.9. The van der Waals surface area contributed by atoms with Crippen molar-refractivity contribution in [1.82, 2.24) is 14.5 Å². The number of hydrogen-bond donors (Lipinski definition) is 1. The molecule has 1 aliphatic rings. The second-order valence-electron chi connectivity index (χ2n) is 8.81. The molecule has 0 aliphatic carbocycles. The van der Waals surface area contributed by atoms with Crippen molar-refractivity contribution in [3.05, 3.63) is 74.9 Å². The predicted molar refractivity (Wildman–Crippen MR) is 147 cm³/mol. The molecule has 3 heterocycles. The van der Waals surface area contributed by atoms with Gasteiger partial charge in [0, 0.05) is 30.1 Å². The van der Waals surface area contributed by atoms with Gasteiger partial charge in [0.2, 0.25) is 11.8 Å². The van der Waals surface area contributed by atoms with Crippen molar-refractivity contribution in [1.29, 1.82) is 0 Å². The average molecular weight is 535 g/mol. The van der Waals surface area contributed by atoms with E-state index in [2.05, 4.69) is 5.32 Å². The predicted octanol–water partition coefficient (Wildman–Crippen LogP) is 4.40. The molecule has 5 rings (SSSR count). The molecule has 0 saturated carbocycles. The summed E-state index contributed by atoms with van der Waals surface area (Å²) in [7, 11) is 1.57. The Labute approximate surface area is 222 Å². The quantitative estimate of drug-likeness (QED) is 0.291. The minimum atomic E-state index is -0.217. The van der Waals surface area contributed by atoms with E-state index in [0.717, 1.165) is 16.0 Å². The first-order valence-corrected chi connectivity index (χ1v) is 13.6. The minimum absolute atomic E-state index is 0.0198. The van der Waals surface area contributed by atoms with E-state index in [1.54, 1.807) is 47.8 Å². The summed E-state index contributed by atoms with van der Waals surface area (Å²) >= 11 is 2.66. The molecule has 10 heteroatoms. The van der Waals surface area contributed by atoms with E-state index in [9.17, 15) is 14.4 Å². The highest BCUT2D eigenvalue weighted by Gasteiger charge is 2.26. The standard InChI is InChI=1S/C27H26N4O4S2/c1-16-7-9-19(10-8-16)31-26(34)24-21-11-12-30(17(2)32)14-22(21)37-25(24)29-27(31)36-15-23(33)28-18-5-4-6-20(13-18)35-3/h4-10,13H,11-12,14-15H2,1-3H3,(H,28,33). The Morgan fingerprint density at radius 1 is 1.19 bits per heavy atom. The lowest BCUT2D eigenvalue weighted by Crippen LogP contribution is -2.34. The van der Waals surface area contributed by atoms with Crippen LogP contribution in [0.3, 0.4) is 0 Å². The SMILES string of the molecule is COc1cccc(NC(=O)CSc2nc3sc4c(c3c(=O)n2-c2ccc(C)cc2)CCN(C(C)=O)C4)c1. The van der Waals surface area contributed by atoms with Crippen molar-refractivity contribution in [2.75, 3.05) is 24.7 Å². The number of ether oxygens (including phenoxy) is 1. The van der Waals surface area contributed by atoms with Gasteiger partial charge in [0.15, 0.2) is 5.16 Å². The van der Waals surface area contributed by atoms with Gasteiger partial charge in [-0.1, -0.05) is 35.5 Å². The Morgan fingerprint density at radius 2 is 1.97 bits per heavy atom. The van der Waals surface area contributed by atoms with Crippen molar-refractivity contribution < 1.29 is 14.3 Å². The van der Waals surface area contributed by atoms with Gasteiger partial charge in [0.25, 0.3) is 5.56 Å². The van der Waals surface area contributed by atoms with Crippen molar-refractivity contribution >= 4 is 50.8 Å². The summed E-state index contributed by atoms with van der Waals surface area (Å²) in [6.07, 6.45) is 0.620. The van der Waals surface area contributed by atoms with Gasteiger partial charge in [-0.25, -0.2) is 4.98 Å². The number of aryl methyl sites for hydroxylation is 1. The number of fused-ring (bicyclic) bond motifs is 3. The van der Waals surface area contributed by atoms with Gasteiger partial charge in [-0.05, 0) is 43.2 Å². The molecule has 190 valence electrons. The maximum atomic E-state index is 13.9. The molecule has 0 saturated heterocycles. The normalized spacial score (nSPS) is 12.9. The van der Waals surface area contributed by atoms with E-state index in [-0.39, 0.29) is 23.1 Å². The van der Waals surface area contributed by atoms with Gasteiger partial charge in [-0.3, -0.25) is 19.0 Å². The first-order chi connectivity index (χ1) is 17.8. The molecule has 0 spiro atoms. The van der Waals surface area contributed by atoms with Crippen molar-refractivity contribution in [3.8, 4) is 11.4 Å². The molecular formula is C27H26N4O4S2. The number of methoxy groups -OCH3 is 1. The zero-order valence-electron chi connectivity index (χ0n) is 20.7. The van der Waals surface area contributed by atoms with Gasteiger partial charge in [-0.15, -0.1) is 11.3 Å². The first-order valence-electron chi connectivity index (χ1n) is 11.8. The van der Waals surface area contributed by atoms with Gasteiger partial charge in [-0.2, -0.15) is 0 Å². The van der Waals surface area contributed by atoms with Crippen LogP contribution in [0.4, 0.5) is 5.69 Å². The molecule has 0 bridgehead atoms. The number of rotatable bonds is 6. The van der Waals surface area contributed by atoms with Gasteiger partial charge in [0.1, 0.15) is 10.6 Å². The third kappa shape index (κ3) is 5.12. The van der Waals surface area contributed by atoms with Crippen LogP contribution in [0.25, 0.3) is 15.9 Å². The summed E-state index contributed by atoms with van der Waals surface area (Å²) in [6.45, 7) is 4.62. The maximum absolute atomic E-state index is 13.9. The van der Waals surface area contributed by atoms with Crippen LogP contribution in [0.5, 0.6) is 5.75 Å². The van der Waals surface area contributed by atoms with E-state index in [1.165, 1.54) is 23.1 Å². The highest BCUT2D eigenvalue weighted by molar-refractivity contribution is 7.99. The number of anilines is 1. The minimum Gasteiger partial charge on any atom is -0.497 e. The highest BCUT2D eigenvalue weighted by Crippen LogP contribution is 2.34. The molecule has 2 amide bonds. The largest absolute Gasteiger partial charge is 0.497 e. The van der Waals surface area contributed by atoms with Crippen molar-refractivity contribution in [2.24, 2.45) is 0 Å². The Kier molecular flexibility index (Phi) is 7.03. The van der Waals surface area contributed by atoms with Crippen LogP contribution in [-0.4, -0.2) is 45.7 Å². The van der Waals surface area contributed by atoms with Crippen molar-refractivity contribution in [3.63, 3.8) is 0 Å². The van der Waals surface area contributed by atoms with Crippen LogP contribution in [0, 0.1) is 6.92 Å². The molecule has 1 N–H and O–H groups in total. The van der Waals surface area contributed by atoms with Crippen LogP contribution >= 0.6 is 23.1 Å². The Morgan fingerprint density at radius 3 is 2.70 bits per heavy atom. The zero-order chi connectivity index (χ0) is 26.1. The van der Waals surface area contributed by atoms with Gasteiger partial charge in [0.05, 0.1) is 30.5 Å². The summed E-state index contributed by atoms with van der Waals surface area (Å²) in [5.74, 6) is 0.525. The second-order valence-corrected chi connectivity index (χ2v) is 10.8. The lowest BCUT2D eigenvalue weighted by atomic mass is 10.1. The fourth-order valence-electron chi connectivity index (χ4n) is 4.34. The Bertz CT molecular complexity index is 1560. The third-order valence-corrected chi connectivity index (χ3v) is 8.32. The zero-order valence-corrected chi connectivity index (χ0v) is 22.4.